The second kappa shape index (κ2) is 5.12. The monoisotopic (exact) mass is 207 g/mol. The highest BCUT2D eigenvalue weighted by molar-refractivity contribution is 5.23. The molecule has 15 heavy (non-hydrogen) atoms. The van der Waals surface area contributed by atoms with E-state index < -0.39 is 0 Å². The summed E-state index contributed by atoms with van der Waals surface area (Å²) < 4.78 is 11.0. The van der Waals surface area contributed by atoms with Crippen LogP contribution in [0.2, 0.25) is 0 Å². The molecule has 1 aromatic heterocycles. The number of aryl methyl sites for hydroxylation is 1. The van der Waals surface area contributed by atoms with Gasteiger partial charge in [0.15, 0.2) is 0 Å². The van der Waals surface area contributed by atoms with E-state index in [1.807, 2.05) is 19.1 Å². The molecule has 2 heterocycles. The van der Waals surface area contributed by atoms with Gasteiger partial charge in [-0.3, -0.25) is 0 Å². The van der Waals surface area contributed by atoms with E-state index in [-0.39, 0.29) is 0 Å². The van der Waals surface area contributed by atoms with Gasteiger partial charge in [0.2, 0.25) is 5.88 Å². The Labute approximate surface area is 90.4 Å². The fourth-order valence-electron chi connectivity index (χ4n) is 1.73. The summed E-state index contributed by atoms with van der Waals surface area (Å²) in [7, 11) is 0. The molecule has 0 unspecified atom stereocenters. The highest BCUT2D eigenvalue weighted by atomic mass is 16.5. The third-order valence-corrected chi connectivity index (χ3v) is 2.76. The number of hydrogen-bond donors (Lipinski definition) is 0. The minimum Gasteiger partial charge on any atom is -0.477 e. The van der Waals surface area contributed by atoms with Crippen LogP contribution in [0.1, 0.15) is 18.4 Å². The van der Waals surface area contributed by atoms with Crippen molar-refractivity contribution in [3.05, 3.63) is 23.9 Å². The van der Waals surface area contributed by atoms with E-state index in [0.717, 1.165) is 44.1 Å². The molecule has 3 nitrogen and oxygen atoms in total. The fraction of sp³-hybridized carbons (Fsp3) is 0.583. The van der Waals surface area contributed by atoms with Gasteiger partial charge in [-0.1, -0.05) is 6.07 Å². The van der Waals surface area contributed by atoms with Gasteiger partial charge in [0.1, 0.15) is 0 Å². The number of ether oxygens (including phenoxy) is 2. The molecule has 0 aliphatic carbocycles. The molecule has 0 spiro atoms. The van der Waals surface area contributed by atoms with Crippen LogP contribution in [-0.4, -0.2) is 24.8 Å². The third-order valence-electron chi connectivity index (χ3n) is 2.76. The topological polar surface area (TPSA) is 31.4 Å². The van der Waals surface area contributed by atoms with Gasteiger partial charge in [-0.05, 0) is 31.7 Å². The minimum atomic E-state index is 0.625. The van der Waals surface area contributed by atoms with Crippen LogP contribution in [0.4, 0.5) is 0 Å². The van der Waals surface area contributed by atoms with E-state index >= 15 is 0 Å². The van der Waals surface area contributed by atoms with E-state index in [2.05, 4.69) is 4.98 Å². The van der Waals surface area contributed by atoms with Gasteiger partial charge in [0, 0.05) is 25.0 Å². The highest BCUT2D eigenvalue weighted by Crippen LogP contribution is 2.18. The summed E-state index contributed by atoms with van der Waals surface area (Å²) in [5.74, 6) is 1.39. The van der Waals surface area contributed by atoms with Gasteiger partial charge in [-0.15, -0.1) is 0 Å². The first kappa shape index (κ1) is 10.4. The molecule has 0 saturated carbocycles. The lowest BCUT2D eigenvalue weighted by atomic mass is 10.0. The maximum absolute atomic E-state index is 5.71. The Kier molecular flexibility index (Phi) is 3.56. The largest absolute Gasteiger partial charge is 0.477 e. The van der Waals surface area contributed by atoms with Crippen molar-refractivity contribution in [1.82, 2.24) is 4.98 Å². The fourth-order valence-corrected chi connectivity index (χ4v) is 1.73. The van der Waals surface area contributed by atoms with Crippen molar-refractivity contribution in [2.45, 2.75) is 19.8 Å². The van der Waals surface area contributed by atoms with Crippen molar-refractivity contribution in [3.8, 4) is 5.88 Å². The van der Waals surface area contributed by atoms with E-state index in [1.165, 1.54) is 0 Å². The summed E-state index contributed by atoms with van der Waals surface area (Å²) in [6, 6.07) is 3.95. The Morgan fingerprint density at radius 1 is 1.47 bits per heavy atom. The lowest BCUT2D eigenvalue weighted by molar-refractivity contribution is 0.0489. The van der Waals surface area contributed by atoms with Crippen molar-refractivity contribution in [2.75, 3.05) is 19.8 Å². The molecule has 1 aromatic rings. The van der Waals surface area contributed by atoms with Crippen LogP contribution in [0, 0.1) is 12.8 Å². The normalized spacial score (nSPS) is 17.7. The quantitative estimate of drug-likeness (QED) is 0.761. The van der Waals surface area contributed by atoms with Crippen LogP contribution in [-0.2, 0) is 4.74 Å². The molecule has 1 aliphatic heterocycles. The number of hydrogen-bond acceptors (Lipinski definition) is 3. The molecule has 0 atom stereocenters. The lowest BCUT2D eigenvalue weighted by Crippen LogP contribution is -2.21. The Morgan fingerprint density at radius 3 is 3.00 bits per heavy atom. The minimum absolute atomic E-state index is 0.625. The molecule has 0 radical (unpaired) electrons. The predicted octanol–water partition coefficient (Wildman–Crippen LogP) is 2.20. The van der Waals surface area contributed by atoms with E-state index in [1.54, 1.807) is 6.20 Å². The second-order valence-corrected chi connectivity index (χ2v) is 3.99. The Hall–Kier alpha value is -1.09. The summed E-state index contributed by atoms with van der Waals surface area (Å²) in [6.07, 6.45) is 3.98. The first-order chi connectivity index (χ1) is 7.36. The molecule has 1 saturated heterocycles. The Balaban J connectivity index is 1.84. The number of aromatic nitrogens is 1. The van der Waals surface area contributed by atoms with Crippen molar-refractivity contribution in [2.24, 2.45) is 5.92 Å². The average Bonchev–Trinajstić information content (AvgIpc) is 2.29. The summed E-state index contributed by atoms with van der Waals surface area (Å²) in [5.41, 5.74) is 1.10. The van der Waals surface area contributed by atoms with Crippen LogP contribution in [0.15, 0.2) is 18.3 Å². The second-order valence-electron chi connectivity index (χ2n) is 3.99. The Morgan fingerprint density at radius 2 is 2.27 bits per heavy atom. The van der Waals surface area contributed by atoms with Gasteiger partial charge < -0.3 is 9.47 Å². The molecule has 0 N–H and O–H groups in total. The Bertz CT molecular complexity index is 308. The third kappa shape index (κ3) is 2.93. The number of rotatable bonds is 3. The maximum Gasteiger partial charge on any atom is 0.216 e. The standard InChI is InChI=1S/C12H17NO2/c1-10-3-2-6-13-12(10)15-9-11-4-7-14-8-5-11/h2-3,6,11H,4-5,7-9H2,1H3. The first-order valence-corrected chi connectivity index (χ1v) is 5.48. The summed E-state index contributed by atoms with van der Waals surface area (Å²) in [5, 5.41) is 0. The molecule has 1 fully saturated rings. The van der Waals surface area contributed by atoms with Crippen molar-refractivity contribution in [3.63, 3.8) is 0 Å². The van der Waals surface area contributed by atoms with Gasteiger partial charge >= 0.3 is 0 Å². The summed E-state index contributed by atoms with van der Waals surface area (Å²) in [4.78, 5) is 4.21. The molecule has 1 aliphatic rings. The van der Waals surface area contributed by atoms with Crippen molar-refractivity contribution < 1.29 is 9.47 Å². The van der Waals surface area contributed by atoms with Crippen molar-refractivity contribution >= 4 is 0 Å². The van der Waals surface area contributed by atoms with E-state index in [0.29, 0.717) is 5.92 Å². The van der Waals surface area contributed by atoms with Crippen LogP contribution < -0.4 is 4.74 Å². The molecule has 0 amide bonds. The van der Waals surface area contributed by atoms with E-state index in [4.69, 9.17) is 9.47 Å². The molecular weight excluding hydrogens is 190 g/mol. The van der Waals surface area contributed by atoms with Crippen LogP contribution in [0.3, 0.4) is 0 Å². The lowest BCUT2D eigenvalue weighted by Gasteiger charge is -2.22. The van der Waals surface area contributed by atoms with Gasteiger partial charge in [-0.25, -0.2) is 4.98 Å². The zero-order valence-electron chi connectivity index (χ0n) is 9.11. The average molecular weight is 207 g/mol. The van der Waals surface area contributed by atoms with E-state index in [9.17, 15) is 0 Å². The number of pyridine rings is 1. The molecule has 82 valence electrons. The predicted molar refractivity (Wildman–Crippen MR) is 58.0 cm³/mol. The SMILES string of the molecule is Cc1cccnc1OCC1CCOCC1. The zero-order chi connectivity index (χ0) is 10.5. The van der Waals surface area contributed by atoms with Gasteiger partial charge in [0.25, 0.3) is 0 Å². The van der Waals surface area contributed by atoms with Gasteiger partial charge in [0.05, 0.1) is 6.61 Å². The van der Waals surface area contributed by atoms with Crippen molar-refractivity contribution in [1.29, 1.82) is 0 Å². The zero-order valence-corrected chi connectivity index (χ0v) is 9.11. The smallest absolute Gasteiger partial charge is 0.216 e. The summed E-state index contributed by atoms with van der Waals surface area (Å²) >= 11 is 0. The molecule has 0 bridgehead atoms. The summed E-state index contributed by atoms with van der Waals surface area (Å²) in [6.45, 7) is 4.53. The van der Waals surface area contributed by atoms with Gasteiger partial charge in [-0.2, -0.15) is 0 Å². The molecular formula is C12H17NO2. The van der Waals surface area contributed by atoms with Crippen LogP contribution >= 0.6 is 0 Å². The number of nitrogens with zero attached hydrogens (tertiary/aromatic N) is 1. The van der Waals surface area contributed by atoms with Crippen LogP contribution in [0.25, 0.3) is 0 Å². The highest BCUT2D eigenvalue weighted by Gasteiger charge is 2.14. The molecule has 2 rings (SSSR count). The van der Waals surface area contributed by atoms with Crippen LogP contribution in [0.5, 0.6) is 5.88 Å². The molecule has 3 heteroatoms. The molecule has 0 aromatic carbocycles. The maximum atomic E-state index is 5.71. The first-order valence-electron chi connectivity index (χ1n) is 5.48.